The normalized spacial score (nSPS) is 28.2. The van der Waals surface area contributed by atoms with Crippen LogP contribution in [0.3, 0.4) is 0 Å². The van der Waals surface area contributed by atoms with Gasteiger partial charge in [-0.1, -0.05) is 0 Å². The van der Waals surface area contributed by atoms with Crippen LogP contribution in [0.5, 0.6) is 0 Å². The lowest BCUT2D eigenvalue weighted by Gasteiger charge is -2.15. The maximum absolute atomic E-state index is 9.69. The molecule has 4 heteroatoms. The highest BCUT2D eigenvalue weighted by Gasteiger charge is 2.28. The molecular weight excluding hydrogens is 166 g/mol. The predicted molar refractivity (Wildman–Crippen MR) is 48.4 cm³/mol. The van der Waals surface area contributed by atoms with E-state index in [4.69, 9.17) is 0 Å². The van der Waals surface area contributed by atoms with E-state index in [-0.39, 0.29) is 12.1 Å². The summed E-state index contributed by atoms with van der Waals surface area (Å²) in [5.41, 5.74) is 0. The summed E-state index contributed by atoms with van der Waals surface area (Å²) in [5.74, 6) is 1.69. The van der Waals surface area contributed by atoms with E-state index in [0.717, 1.165) is 30.9 Å². The Labute approximate surface area is 77.6 Å². The standard InChI is InChI=1S/C9H15N3O/c1-6-10-7(2)12(11-6)8-4-3-5-9(8)13/h8-9,13H,3-5H2,1-2H3/t8-,9-/m0/s1. The van der Waals surface area contributed by atoms with Gasteiger partial charge in [-0.05, 0) is 33.1 Å². The Morgan fingerprint density at radius 3 is 2.62 bits per heavy atom. The fourth-order valence-electron chi connectivity index (χ4n) is 2.06. The lowest BCUT2D eigenvalue weighted by Crippen LogP contribution is -2.20. The first-order chi connectivity index (χ1) is 6.18. The third-order valence-electron chi connectivity index (χ3n) is 2.67. The van der Waals surface area contributed by atoms with Crippen LogP contribution < -0.4 is 0 Å². The maximum Gasteiger partial charge on any atom is 0.147 e. The summed E-state index contributed by atoms with van der Waals surface area (Å²) < 4.78 is 1.87. The second-order valence-corrected chi connectivity index (χ2v) is 3.72. The molecule has 1 fully saturated rings. The summed E-state index contributed by atoms with van der Waals surface area (Å²) in [6, 6.07) is 0.154. The van der Waals surface area contributed by atoms with Gasteiger partial charge in [0, 0.05) is 0 Å². The largest absolute Gasteiger partial charge is 0.391 e. The van der Waals surface area contributed by atoms with Crippen LogP contribution in [0.25, 0.3) is 0 Å². The van der Waals surface area contributed by atoms with Crippen molar-refractivity contribution in [3.63, 3.8) is 0 Å². The number of aliphatic hydroxyl groups excluding tert-OH is 1. The number of nitrogens with zero attached hydrogens (tertiary/aromatic N) is 3. The molecule has 0 radical (unpaired) electrons. The minimum Gasteiger partial charge on any atom is -0.391 e. The molecule has 13 heavy (non-hydrogen) atoms. The SMILES string of the molecule is Cc1nc(C)n([C@H]2CCC[C@@H]2O)n1. The molecule has 0 aliphatic heterocycles. The van der Waals surface area contributed by atoms with E-state index in [1.165, 1.54) is 0 Å². The van der Waals surface area contributed by atoms with Crippen LogP contribution in [0.2, 0.25) is 0 Å². The first-order valence-corrected chi connectivity index (χ1v) is 4.76. The van der Waals surface area contributed by atoms with Crippen LogP contribution in [0.4, 0.5) is 0 Å². The van der Waals surface area contributed by atoms with E-state index in [1.54, 1.807) is 0 Å². The molecule has 1 aromatic rings. The summed E-state index contributed by atoms with van der Waals surface area (Å²) >= 11 is 0. The molecule has 4 nitrogen and oxygen atoms in total. The molecule has 2 atom stereocenters. The molecule has 0 spiro atoms. The number of aromatic nitrogens is 3. The molecule has 0 unspecified atom stereocenters. The molecule has 0 aromatic carbocycles. The second kappa shape index (κ2) is 3.10. The van der Waals surface area contributed by atoms with Gasteiger partial charge in [0.25, 0.3) is 0 Å². The van der Waals surface area contributed by atoms with Gasteiger partial charge in [0.2, 0.25) is 0 Å². The summed E-state index contributed by atoms with van der Waals surface area (Å²) in [7, 11) is 0. The van der Waals surface area contributed by atoms with Crippen molar-refractivity contribution >= 4 is 0 Å². The number of rotatable bonds is 1. The average Bonchev–Trinajstić information content (AvgIpc) is 2.58. The van der Waals surface area contributed by atoms with Gasteiger partial charge in [0.05, 0.1) is 12.1 Å². The number of aryl methyl sites for hydroxylation is 2. The van der Waals surface area contributed by atoms with Crippen LogP contribution in [0.15, 0.2) is 0 Å². The topological polar surface area (TPSA) is 50.9 Å². The van der Waals surface area contributed by atoms with Crippen LogP contribution in [0.1, 0.15) is 37.0 Å². The Kier molecular flexibility index (Phi) is 2.07. The van der Waals surface area contributed by atoms with Crippen LogP contribution >= 0.6 is 0 Å². The highest BCUT2D eigenvalue weighted by Crippen LogP contribution is 2.29. The van der Waals surface area contributed by atoms with Crippen molar-refractivity contribution < 1.29 is 5.11 Å². The van der Waals surface area contributed by atoms with Gasteiger partial charge in [-0.25, -0.2) is 9.67 Å². The van der Waals surface area contributed by atoms with Crippen LogP contribution in [0, 0.1) is 13.8 Å². The Morgan fingerprint density at radius 1 is 1.38 bits per heavy atom. The predicted octanol–water partition coefficient (Wildman–Crippen LogP) is 0.981. The maximum atomic E-state index is 9.69. The van der Waals surface area contributed by atoms with Crippen molar-refractivity contribution in [1.82, 2.24) is 14.8 Å². The van der Waals surface area contributed by atoms with Gasteiger partial charge in [0.1, 0.15) is 11.6 Å². The minimum absolute atomic E-state index is 0.154. The fourth-order valence-corrected chi connectivity index (χ4v) is 2.06. The third-order valence-corrected chi connectivity index (χ3v) is 2.67. The van der Waals surface area contributed by atoms with Gasteiger partial charge in [-0.2, -0.15) is 5.10 Å². The molecule has 1 aliphatic carbocycles. The molecule has 72 valence electrons. The molecule has 1 aromatic heterocycles. The van der Waals surface area contributed by atoms with Crippen molar-refractivity contribution in [2.45, 2.75) is 45.3 Å². The number of hydrogen-bond acceptors (Lipinski definition) is 3. The fraction of sp³-hybridized carbons (Fsp3) is 0.778. The highest BCUT2D eigenvalue weighted by molar-refractivity contribution is 4.93. The first kappa shape index (κ1) is 8.69. The zero-order valence-electron chi connectivity index (χ0n) is 8.06. The summed E-state index contributed by atoms with van der Waals surface area (Å²) in [6.07, 6.45) is 2.76. The molecule has 1 heterocycles. The molecule has 0 saturated heterocycles. The van der Waals surface area contributed by atoms with E-state index < -0.39 is 0 Å². The van der Waals surface area contributed by atoms with Crippen LogP contribution in [-0.4, -0.2) is 26.0 Å². The quantitative estimate of drug-likeness (QED) is 0.702. The smallest absolute Gasteiger partial charge is 0.147 e. The molecule has 0 bridgehead atoms. The summed E-state index contributed by atoms with van der Waals surface area (Å²) in [6.45, 7) is 3.82. The lowest BCUT2D eigenvalue weighted by atomic mass is 10.2. The first-order valence-electron chi connectivity index (χ1n) is 4.76. The van der Waals surface area contributed by atoms with E-state index in [2.05, 4.69) is 10.1 Å². The van der Waals surface area contributed by atoms with Crippen molar-refractivity contribution in [2.75, 3.05) is 0 Å². The van der Waals surface area contributed by atoms with Gasteiger partial charge in [0.15, 0.2) is 0 Å². The molecule has 0 amide bonds. The van der Waals surface area contributed by atoms with Crippen molar-refractivity contribution in [2.24, 2.45) is 0 Å². The zero-order chi connectivity index (χ0) is 9.42. The van der Waals surface area contributed by atoms with Crippen molar-refractivity contribution in [3.8, 4) is 0 Å². The van der Waals surface area contributed by atoms with Crippen molar-refractivity contribution in [1.29, 1.82) is 0 Å². The molecule has 1 N–H and O–H groups in total. The van der Waals surface area contributed by atoms with Crippen LogP contribution in [-0.2, 0) is 0 Å². The Bertz CT molecular complexity index is 308. The van der Waals surface area contributed by atoms with Gasteiger partial charge in [-0.3, -0.25) is 0 Å². The van der Waals surface area contributed by atoms with Gasteiger partial charge < -0.3 is 5.11 Å². The monoisotopic (exact) mass is 181 g/mol. The lowest BCUT2D eigenvalue weighted by molar-refractivity contribution is 0.129. The van der Waals surface area contributed by atoms with E-state index in [0.29, 0.717) is 0 Å². The average molecular weight is 181 g/mol. The summed E-state index contributed by atoms with van der Waals surface area (Å²) in [5, 5.41) is 14.0. The summed E-state index contributed by atoms with van der Waals surface area (Å²) in [4.78, 5) is 4.23. The molecule has 1 saturated carbocycles. The zero-order valence-corrected chi connectivity index (χ0v) is 8.06. The van der Waals surface area contributed by atoms with Gasteiger partial charge >= 0.3 is 0 Å². The van der Waals surface area contributed by atoms with Gasteiger partial charge in [-0.15, -0.1) is 0 Å². The number of aliphatic hydroxyl groups is 1. The Morgan fingerprint density at radius 2 is 2.15 bits per heavy atom. The molecule has 2 rings (SSSR count). The van der Waals surface area contributed by atoms with E-state index in [9.17, 15) is 5.11 Å². The minimum atomic E-state index is -0.236. The van der Waals surface area contributed by atoms with E-state index >= 15 is 0 Å². The van der Waals surface area contributed by atoms with Crippen molar-refractivity contribution in [3.05, 3.63) is 11.6 Å². The number of hydrogen-bond donors (Lipinski definition) is 1. The molecule has 1 aliphatic rings. The highest BCUT2D eigenvalue weighted by atomic mass is 16.3. The third kappa shape index (κ3) is 1.46. The van der Waals surface area contributed by atoms with E-state index in [1.807, 2.05) is 18.5 Å². The Balaban J connectivity index is 2.28. The Hall–Kier alpha value is -0.900. The second-order valence-electron chi connectivity index (χ2n) is 3.72. The molecular formula is C9H15N3O.